The number of nitrogens with zero attached hydrogens (tertiary/aromatic N) is 4. The first kappa shape index (κ1) is 9.05. The predicted octanol–water partition coefficient (Wildman–Crippen LogP) is 1.06. The Morgan fingerprint density at radius 3 is 2.69 bits per heavy atom. The van der Waals surface area contributed by atoms with E-state index in [1.54, 1.807) is 0 Å². The molecule has 1 rings (SSSR count). The maximum Gasteiger partial charge on any atom is 0.408 e. The minimum atomic E-state index is -2.99. The van der Waals surface area contributed by atoms with Gasteiger partial charge < -0.3 is 10.1 Å². The summed E-state index contributed by atoms with van der Waals surface area (Å²) in [4.78, 5) is 9.16. The van der Waals surface area contributed by atoms with E-state index in [0.29, 0.717) is 6.20 Å². The lowest BCUT2D eigenvalue weighted by atomic mass is 10.4. The first-order valence-corrected chi connectivity index (χ1v) is 2.98. The van der Waals surface area contributed by atoms with Crippen molar-refractivity contribution in [2.75, 3.05) is 0 Å². The monoisotopic (exact) mass is 188 g/mol. The van der Waals surface area contributed by atoms with Crippen molar-refractivity contribution in [3.05, 3.63) is 21.9 Å². The molecule has 0 saturated heterocycles. The lowest BCUT2D eigenvalue weighted by Gasteiger charge is -1.88. The smallest absolute Gasteiger partial charge is 0.358 e. The number of aromatic nitrogens is 2. The summed E-state index contributed by atoms with van der Waals surface area (Å²) in [5.74, 6) is -0.859. The highest BCUT2D eigenvalue weighted by molar-refractivity contribution is 5.40. The van der Waals surface area contributed by atoms with Gasteiger partial charge in [-0.15, -0.1) is 4.68 Å². The van der Waals surface area contributed by atoms with Gasteiger partial charge in [-0.2, -0.15) is 14.0 Å². The zero-order valence-electron chi connectivity index (χ0n) is 6.02. The Morgan fingerprint density at radius 2 is 2.38 bits per heavy atom. The summed E-state index contributed by atoms with van der Waals surface area (Å²) in [6, 6.07) is 1.39. The van der Waals surface area contributed by atoms with Gasteiger partial charge in [0.25, 0.3) is 0 Å². The molecule has 0 radical (unpaired) electrons. The van der Waals surface area contributed by atoms with Gasteiger partial charge in [-0.3, -0.25) is 0 Å². The first-order chi connectivity index (χ1) is 6.06. The molecule has 0 aromatic carbocycles. The van der Waals surface area contributed by atoms with Crippen molar-refractivity contribution in [2.45, 2.75) is 6.55 Å². The summed E-state index contributed by atoms with van der Waals surface area (Å²) in [5.41, 5.74) is -0.481. The van der Waals surface area contributed by atoms with Gasteiger partial charge in [-0.05, 0) is 4.92 Å². The van der Waals surface area contributed by atoms with E-state index in [9.17, 15) is 18.9 Å². The van der Waals surface area contributed by atoms with Crippen molar-refractivity contribution in [1.29, 1.82) is 5.26 Å². The summed E-state index contributed by atoms with van der Waals surface area (Å²) in [6.07, 6.45) is 0.628. The number of rotatable bonds is 2. The maximum absolute atomic E-state index is 11.9. The molecular weight excluding hydrogens is 186 g/mol. The molecule has 6 nitrogen and oxygen atoms in total. The third-order valence-electron chi connectivity index (χ3n) is 1.21. The minimum absolute atomic E-state index is 0.0662. The number of nitriles is 1. The van der Waals surface area contributed by atoms with E-state index in [1.165, 1.54) is 6.07 Å². The molecule has 0 fully saturated rings. The third kappa shape index (κ3) is 1.58. The molecule has 0 N–H and O–H groups in total. The molecule has 0 aliphatic heterocycles. The molecule has 68 valence electrons. The van der Waals surface area contributed by atoms with E-state index in [4.69, 9.17) is 5.26 Å². The molecule has 0 aliphatic carbocycles. The molecule has 1 aromatic heterocycles. The second kappa shape index (κ2) is 3.14. The molecule has 0 atom stereocenters. The van der Waals surface area contributed by atoms with Gasteiger partial charge >= 0.3 is 12.4 Å². The van der Waals surface area contributed by atoms with Crippen LogP contribution in [0.3, 0.4) is 0 Å². The Labute approximate surface area is 70.1 Å². The fourth-order valence-electron chi connectivity index (χ4n) is 0.696. The molecule has 8 heteroatoms. The Hall–Kier alpha value is -2.04. The van der Waals surface area contributed by atoms with Crippen molar-refractivity contribution in [1.82, 2.24) is 9.78 Å². The van der Waals surface area contributed by atoms with Crippen LogP contribution in [0.4, 0.5) is 14.6 Å². The topological polar surface area (TPSA) is 84.8 Å². The quantitative estimate of drug-likeness (QED) is 0.512. The molecule has 1 aromatic rings. The van der Waals surface area contributed by atoms with E-state index in [1.807, 2.05) is 0 Å². The molecule has 0 amide bonds. The van der Waals surface area contributed by atoms with Crippen LogP contribution in [0.2, 0.25) is 0 Å². The summed E-state index contributed by atoms with van der Waals surface area (Å²) < 4.78 is 23.9. The minimum Gasteiger partial charge on any atom is -0.358 e. The highest BCUT2D eigenvalue weighted by atomic mass is 19.3. The van der Waals surface area contributed by atoms with E-state index in [2.05, 4.69) is 5.10 Å². The fourth-order valence-corrected chi connectivity index (χ4v) is 0.696. The van der Waals surface area contributed by atoms with Gasteiger partial charge in [0, 0.05) is 0 Å². The zero-order chi connectivity index (χ0) is 10.0. The number of hydrogen-bond donors (Lipinski definition) is 0. The van der Waals surface area contributed by atoms with Crippen LogP contribution < -0.4 is 0 Å². The standard InChI is InChI=1S/C5H2F2N4O2/c6-5(7)10-2-3(1-8)4(9-10)11(12)13/h2,5H. The maximum atomic E-state index is 11.9. The van der Waals surface area contributed by atoms with Crippen molar-refractivity contribution >= 4 is 5.82 Å². The van der Waals surface area contributed by atoms with Gasteiger partial charge in [0.15, 0.2) is 5.56 Å². The normalized spacial score (nSPS) is 10.0. The number of hydrogen-bond acceptors (Lipinski definition) is 4. The Kier molecular flexibility index (Phi) is 2.19. The van der Waals surface area contributed by atoms with Crippen molar-refractivity contribution in [3.8, 4) is 6.07 Å². The number of nitro groups is 1. The Morgan fingerprint density at radius 1 is 1.77 bits per heavy atom. The molecule has 1 heterocycles. The molecule has 0 spiro atoms. The van der Waals surface area contributed by atoms with Gasteiger partial charge in [0.1, 0.15) is 6.07 Å². The first-order valence-electron chi connectivity index (χ1n) is 2.98. The van der Waals surface area contributed by atoms with E-state index >= 15 is 0 Å². The molecular formula is C5H2F2N4O2. The van der Waals surface area contributed by atoms with E-state index in [0.717, 1.165) is 0 Å². The van der Waals surface area contributed by atoms with Crippen molar-refractivity contribution < 1.29 is 13.7 Å². The zero-order valence-corrected chi connectivity index (χ0v) is 6.02. The van der Waals surface area contributed by atoms with Crippen LogP contribution in [0.15, 0.2) is 6.20 Å². The van der Waals surface area contributed by atoms with Gasteiger partial charge in [-0.25, -0.2) is 0 Å². The van der Waals surface area contributed by atoms with Crippen molar-refractivity contribution in [2.24, 2.45) is 0 Å². The van der Waals surface area contributed by atoms with Crippen LogP contribution >= 0.6 is 0 Å². The van der Waals surface area contributed by atoms with Crippen LogP contribution in [-0.4, -0.2) is 14.7 Å². The second-order valence-electron chi connectivity index (χ2n) is 1.99. The lowest BCUT2D eigenvalue weighted by molar-refractivity contribution is -0.390. The highest BCUT2D eigenvalue weighted by Crippen LogP contribution is 2.18. The third-order valence-corrected chi connectivity index (χ3v) is 1.21. The average molecular weight is 188 g/mol. The fraction of sp³-hybridized carbons (Fsp3) is 0.200. The second-order valence-corrected chi connectivity index (χ2v) is 1.99. The van der Waals surface area contributed by atoms with E-state index < -0.39 is 22.9 Å². The molecule has 0 aliphatic rings. The SMILES string of the molecule is N#Cc1cn(C(F)F)nc1[N+](=O)[O-]. The van der Waals surface area contributed by atoms with Gasteiger partial charge in [-0.1, -0.05) is 0 Å². The molecule has 0 saturated carbocycles. The van der Waals surface area contributed by atoms with Gasteiger partial charge in [0.05, 0.1) is 11.3 Å². The van der Waals surface area contributed by atoms with Crippen LogP contribution in [0, 0.1) is 21.4 Å². The van der Waals surface area contributed by atoms with E-state index in [-0.39, 0.29) is 4.68 Å². The van der Waals surface area contributed by atoms with Crippen LogP contribution in [0.25, 0.3) is 0 Å². The number of alkyl halides is 2. The number of halogens is 2. The average Bonchev–Trinajstić information content (AvgIpc) is 2.47. The summed E-state index contributed by atoms with van der Waals surface area (Å²) in [6.45, 7) is -2.99. The summed E-state index contributed by atoms with van der Waals surface area (Å²) >= 11 is 0. The largest absolute Gasteiger partial charge is 0.408 e. The van der Waals surface area contributed by atoms with Gasteiger partial charge in [0.2, 0.25) is 0 Å². The predicted molar refractivity (Wildman–Crippen MR) is 34.8 cm³/mol. The highest BCUT2D eigenvalue weighted by Gasteiger charge is 2.24. The summed E-state index contributed by atoms with van der Waals surface area (Å²) in [7, 11) is 0. The molecule has 13 heavy (non-hydrogen) atoms. The molecule has 0 unspecified atom stereocenters. The molecule has 0 bridgehead atoms. The summed E-state index contributed by atoms with van der Waals surface area (Å²) in [5, 5.41) is 21.4. The van der Waals surface area contributed by atoms with Crippen LogP contribution in [0.1, 0.15) is 12.1 Å². The Bertz CT molecular complexity index is 380. The lowest BCUT2D eigenvalue weighted by Crippen LogP contribution is -1.99. The van der Waals surface area contributed by atoms with Crippen LogP contribution in [0.5, 0.6) is 0 Å². The van der Waals surface area contributed by atoms with Crippen LogP contribution in [-0.2, 0) is 0 Å². The van der Waals surface area contributed by atoms with Crippen molar-refractivity contribution in [3.63, 3.8) is 0 Å². The Balaban J connectivity index is 3.21.